The summed E-state index contributed by atoms with van der Waals surface area (Å²) in [6.45, 7) is 11.6. The van der Waals surface area contributed by atoms with Crippen LogP contribution >= 0.6 is 0 Å². The molecule has 2 saturated carbocycles. The maximum Gasteiger partial charge on any atom is 0.133 e. The molecule has 0 aromatic carbocycles. The lowest BCUT2D eigenvalue weighted by Gasteiger charge is -2.24. The molecule has 0 spiro atoms. The van der Waals surface area contributed by atoms with Crippen LogP contribution in [0.5, 0.6) is 0 Å². The van der Waals surface area contributed by atoms with E-state index in [0.29, 0.717) is 17.6 Å². The van der Waals surface area contributed by atoms with Crippen molar-refractivity contribution in [2.75, 3.05) is 0 Å². The van der Waals surface area contributed by atoms with Gasteiger partial charge in [0, 0.05) is 12.8 Å². The highest BCUT2D eigenvalue weighted by molar-refractivity contribution is 5.78. The minimum atomic E-state index is 0.477. The minimum Gasteiger partial charge on any atom is -0.300 e. The first-order chi connectivity index (χ1) is 10.4. The van der Waals surface area contributed by atoms with Crippen molar-refractivity contribution in [2.24, 2.45) is 29.6 Å². The van der Waals surface area contributed by atoms with Crippen molar-refractivity contribution < 1.29 is 4.79 Å². The second-order valence-corrected chi connectivity index (χ2v) is 8.81. The second kappa shape index (κ2) is 10.4. The molecule has 0 saturated heterocycles. The summed E-state index contributed by atoms with van der Waals surface area (Å²) in [4.78, 5) is 11.3. The SMILES string of the molecule is CC1CCCC(C)CC(=O)C1.CC1CCCC(C)CC(C)C1. The second-order valence-electron chi connectivity index (χ2n) is 8.81. The topological polar surface area (TPSA) is 17.1 Å². The molecule has 0 aliphatic heterocycles. The molecule has 0 heterocycles. The number of rotatable bonds is 0. The first kappa shape index (κ1) is 19.7. The first-order valence-electron chi connectivity index (χ1n) is 9.88. The summed E-state index contributed by atoms with van der Waals surface area (Å²) in [5, 5.41) is 0. The van der Waals surface area contributed by atoms with E-state index in [2.05, 4.69) is 34.6 Å². The monoisotopic (exact) mass is 308 g/mol. The third-order valence-corrected chi connectivity index (χ3v) is 5.55. The fraction of sp³-hybridized carbons (Fsp3) is 0.952. The maximum absolute atomic E-state index is 11.3. The third kappa shape index (κ3) is 8.96. The van der Waals surface area contributed by atoms with E-state index in [1.54, 1.807) is 0 Å². The zero-order valence-corrected chi connectivity index (χ0v) is 15.9. The van der Waals surface area contributed by atoms with E-state index in [-0.39, 0.29) is 0 Å². The summed E-state index contributed by atoms with van der Waals surface area (Å²) in [6.07, 6.45) is 12.8. The smallest absolute Gasteiger partial charge is 0.133 e. The number of hydrogen-bond donors (Lipinski definition) is 0. The Hall–Kier alpha value is -0.330. The van der Waals surface area contributed by atoms with Gasteiger partial charge in [0.2, 0.25) is 0 Å². The molecule has 4 unspecified atom stereocenters. The Morgan fingerprint density at radius 3 is 1.36 bits per heavy atom. The Morgan fingerprint density at radius 2 is 0.955 bits per heavy atom. The van der Waals surface area contributed by atoms with Gasteiger partial charge in [-0.2, -0.15) is 0 Å². The van der Waals surface area contributed by atoms with Crippen LogP contribution in [0.1, 0.15) is 98.8 Å². The number of hydrogen-bond acceptors (Lipinski definition) is 1. The lowest BCUT2D eigenvalue weighted by atomic mass is 9.82. The standard InChI is InChI=1S/C11H22.C10H18O/c1-9-5-4-6-10(2)8-11(3)7-9;1-8-4-3-5-9(2)7-10(11)6-8/h9-11H,4-8H2,1-3H3;8-9H,3-7H2,1-2H3. The van der Waals surface area contributed by atoms with Crippen LogP contribution in [-0.4, -0.2) is 5.78 Å². The van der Waals surface area contributed by atoms with Crippen molar-refractivity contribution in [1.82, 2.24) is 0 Å². The zero-order valence-electron chi connectivity index (χ0n) is 15.9. The maximum atomic E-state index is 11.3. The van der Waals surface area contributed by atoms with Crippen LogP contribution in [0.15, 0.2) is 0 Å². The largest absolute Gasteiger partial charge is 0.300 e. The van der Waals surface area contributed by atoms with Crippen molar-refractivity contribution in [3.63, 3.8) is 0 Å². The molecule has 1 nitrogen and oxygen atoms in total. The molecule has 0 aromatic heterocycles. The van der Waals surface area contributed by atoms with E-state index in [1.165, 1.54) is 51.4 Å². The van der Waals surface area contributed by atoms with E-state index in [9.17, 15) is 4.79 Å². The lowest BCUT2D eigenvalue weighted by Crippen LogP contribution is -2.13. The van der Waals surface area contributed by atoms with E-state index < -0.39 is 0 Å². The van der Waals surface area contributed by atoms with Crippen LogP contribution in [0.4, 0.5) is 0 Å². The van der Waals surface area contributed by atoms with Gasteiger partial charge in [0.1, 0.15) is 5.78 Å². The molecule has 0 aromatic rings. The highest BCUT2D eigenvalue weighted by atomic mass is 16.1. The summed E-state index contributed by atoms with van der Waals surface area (Å²) < 4.78 is 0. The molecule has 22 heavy (non-hydrogen) atoms. The number of carbonyl (C=O) groups is 1. The Balaban J connectivity index is 0.000000220. The fourth-order valence-corrected chi connectivity index (χ4v) is 4.40. The summed E-state index contributed by atoms with van der Waals surface area (Å²) in [5.74, 6) is 4.69. The van der Waals surface area contributed by atoms with Crippen LogP contribution in [-0.2, 0) is 4.79 Å². The molecular formula is C21H40O. The van der Waals surface area contributed by atoms with Gasteiger partial charge in [0.25, 0.3) is 0 Å². The Kier molecular flexibility index (Phi) is 9.36. The van der Waals surface area contributed by atoms with Crippen LogP contribution in [0.25, 0.3) is 0 Å². The van der Waals surface area contributed by atoms with Crippen LogP contribution in [0.3, 0.4) is 0 Å². The van der Waals surface area contributed by atoms with E-state index in [0.717, 1.165) is 30.6 Å². The molecule has 2 aliphatic carbocycles. The number of Topliss-reactive ketones (excluding diaryl/α,β-unsaturated/α-hetero) is 1. The number of ketones is 1. The predicted molar refractivity (Wildman–Crippen MR) is 97.0 cm³/mol. The minimum absolute atomic E-state index is 0.477. The first-order valence-corrected chi connectivity index (χ1v) is 9.88. The third-order valence-electron chi connectivity index (χ3n) is 5.55. The molecule has 2 fully saturated rings. The van der Waals surface area contributed by atoms with Crippen LogP contribution in [0.2, 0.25) is 0 Å². The summed E-state index contributed by atoms with van der Waals surface area (Å²) >= 11 is 0. The van der Waals surface area contributed by atoms with Crippen molar-refractivity contribution in [3.8, 4) is 0 Å². The Labute approximate surface area is 139 Å². The molecule has 2 rings (SSSR count). The molecule has 1 heteroatoms. The van der Waals surface area contributed by atoms with Gasteiger partial charge in [0.15, 0.2) is 0 Å². The van der Waals surface area contributed by atoms with Gasteiger partial charge >= 0.3 is 0 Å². The van der Waals surface area contributed by atoms with Crippen LogP contribution in [0, 0.1) is 29.6 Å². The Bertz CT molecular complexity index is 283. The van der Waals surface area contributed by atoms with E-state index in [1.807, 2.05) is 0 Å². The molecule has 0 radical (unpaired) electrons. The van der Waals surface area contributed by atoms with Crippen LogP contribution < -0.4 is 0 Å². The van der Waals surface area contributed by atoms with Crippen molar-refractivity contribution in [3.05, 3.63) is 0 Å². The van der Waals surface area contributed by atoms with Crippen molar-refractivity contribution >= 4 is 5.78 Å². The Morgan fingerprint density at radius 1 is 0.591 bits per heavy atom. The predicted octanol–water partition coefficient (Wildman–Crippen LogP) is 6.65. The summed E-state index contributed by atoms with van der Waals surface area (Å²) in [6, 6.07) is 0. The number of carbonyl (C=O) groups excluding carboxylic acids is 1. The molecule has 0 N–H and O–H groups in total. The van der Waals surface area contributed by atoms with Gasteiger partial charge in [-0.05, 0) is 42.4 Å². The fourth-order valence-electron chi connectivity index (χ4n) is 4.40. The average molecular weight is 309 g/mol. The molecule has 0 amide bonds. The molecule has 130 valence electrons. The highest BCUT2D eigenvalue weighted by Crippen LogP contribution is 2.29. The van der Waals surface area contributed by atoms with E-state index >= 15 is 0 Å². The molecule has 2 aliphatic rings. The van der Waals surface area contributed by atoms with Gasteiger partial charge in [-0.3, -0.25) is 4.79 Å². The van der Waals surface area contributed by atoms with Crippen molar-refractivity contribution in [2.45, 2.75) is 98.8 Å². The highest BCUT2D eigenvalue weighted by Gasteiger charge is 2.17. The van der Waals surface area contributed by atoms with E-state index in [4.69, 9.17) is 0 Å². The van der Waals surface area contributed by atoms with Gasteiger partial charge in [-0.15, -0.1) is 0 Å². The molecule has 0 bridgehead atoms. The van der Waals surface area contributed by atoms with Crippen molar-refractivity contribution in [1.29, 1.82) is 0 Å². The van der Waals surface area contributed by atoms with Gasteiger partial charge in [-0.1, -0.05) is 73.1 Å². The average Bonchev–Trinajstić information content (AvgIpc) is 2.35. The molecule has 4 atom stereocenters. The lowest BCUT2D eigenvalue weighted by molar-refractivity contribution is -0.121. The zero-order chi connectivity index (χ0) is 16.5. The van der Waals surface area contributed by atoms with Gasteiger partial charge < -0.3 is 0 Å². The summed E-state index contributed by atoms with van der Waals surface area (Å²) in [5.41, 5.74) is 0. The van der Waals surface area contributed by atoms with Gasteiger partial charge in [-0.25, -0.2) is 0 Å². The molecular weight excluding hydrogens is 268 g/mol. The summed E-state index contributed by atoms with van der Waals surface area (Å²) in [7, 11) is 0. The quantitative estimate of drug-likeness (QED) is 0.489. The normalized spacial score (nSPS) is 37.9. The van der Waals surface area contributed by atoms with Gasteiger partial charge in [0.05, 0.1) is 0 Å².